The number of carbonyl (C=O) groups is 1. The standard InChI is InChI=1S/C3H8O.C2H3N.C2H4O2.H3N/c1-3(2)4;1-2-3;1-2(3)4;/h3-4H,1-2H3;1H3;1H3,(H,3,4);1H3. The number of nitriles is 1. The van der Waals surface area contributed by atoms with Gasteiger partial charge in [0.2, 0.25) is 0 Å². The van der Waals surface area contributed by atoms with Gasteiger partial charge < -0.3 is 16.4 Å². The summed E-state index contributed by atoms with van der Waals surface area (Å²) in [5.41, 5.74) is 0. The molecule has 0 fully saturated rings. The molecule has 5 nitrogen and oxygen atoms in total. The highest BCUT2D eigenvalue weighted by atomic mass is 16.4. The molecule has 5 heteroatoms. The highest BCUT2D eigenvalue weighted by molar-refractivity contribution is 5.62. The molecular weight excluding hydrogens is 160 g/mol. The predicted molar refractivity (Wildman–Crippen MR) is 47.0 cm³/mol. The smallest absolute Gasteiger partial charge is 0.300 e. The van der Waals surface area contributed by atoms with Gasteiger partial charge in [0.1, 0.15) is 0 Å². The zero-order chi connectivity index (χ0) is 9.86. The monoisotopic (exact) mass is 178 g/mol. The van der Waals surface area contributed by atoms with Gasteiger partial charge in [0.25, 0.3) is 5.97 Å². The summed E-state index contributed by atoms with van der Waals surface area (Å²) in [5, 5.41) is 22.8. The van der Waals surface area contributed by atoms with Crippen LogP contribution in [0.4, 0.5) is 0 Å². The number of carboxylic acids is 1. The Balaban J connectivity index is -0.0000000389. The lowest BCUT2D eigenvalue weighted by molar-refractivity contribution is -0.134. The minimum atomic E-state index is -0.833. The summed E-state index contributed by atoms with van der Waals surface area (Å²) < 4.78 is 0. The summed E-state index contributed by atoms with van der Waals surface area (Å²) >= 11 is 0. The van der Waals surface area contributed by atoms with Crippen LogP contribution in [0.2, 0.25) is 0 Å². The van der Waals surface area contributed by atoms with Gasteiger partial charge in [-0.15, -0.1) is 0 Å². The minimum absolute atomic E-state index is 0. The molecule has 0 heterocycles. The average molecular weight is 178 g/mol. The summed E-state index contributed by atoms with van der Waals surface area (Å²) in [4.78, 5) is 9.00. The van der Waals surface area contributed by atoms with Gasteiger partial charge in [-0.05, 0) is 13.8 Å². The van der Waals surface area contributed by atoms with Crippen molar-refractivity contribution in [3.8, 4) is 6.07 Å². The minimum Gasteiger partial charge on any atom is -0.481 e. The lowest BCUT2D eigenvalue weighted by Gasteiger charge is -1.80. The molecule has 5 N–H and O–H groups in total. The van der Waals surface area contributed by atoms with Crippen LogP contribution >= 0.6 is 0 Å². The van der Waals surface area contributed by atoms with Crippen LogP contribution in [0.15, 0.2) is 0 Å². The zero-order valence-electron chi connectivity index (χ0n) is 8.03. The number of aliphatic hydroxyl groups is 1. The predicted octanol–water partition coefficient (Wildman–Crippen LogP) is 1.17. The molecule has 0 atom stereocenters. The zero-order valence-corrected chi connectivity index (χ0v) is 8.03. The summed E-state index contributed by atoms with van der Waals surface area (Å²) in [7, 11) is 0. The lowest BCUT2D eigenvalue weighted by atomic mass is 10.5. The molecule has 0 spiro atoms. The number of rotatable bonds is 0. The van der Waals surface area contributed by atoms with E-state index in [1.807, 2.05) is 0 Å². The maximum Gasteiger partial charge on any atom is 0.300 e. The van der Waals surface area contributed by atoms with E-state index >= 15 is 0 Å². The normalized spacial score (nSPS) is 5.75. The molecule has 0 aromatic carbocycles. The van der Waals surface area contributed by atoms with Gasteiger partial charge >= 0.3 is 0 Å². The van der Waals surface area contributed by atoms with Gasteiger partial charge in [-0.1, -0.05) is 0 Å². The van der Waals surface area contributed by atoms with Crippen LogP contribution in [-0.4, -0.2) is 22.3 Å². The Morgan fingerprint density at radius 1 is 1.50 bits per heavy atom. The summed E-state index contributed by atoms with van der Waals surface area (Å²) in [5.74, 6) is -0.833. The SMILES string of the molecule is CC#N.CC(=O)O.CC(C)O.N. The Hall–Kier alpha value is -1.12. The molecule has 0 aromatic heterocycles. The Morgan fingerprint density at radius 2 is 1.50 bits per heavy atom. The highest BCUT2D eigenvalue weighted by Gasteiger charge is 1.69. The number of aliphatic hydroxyl groups excluding tert-OH is 1. The first-order chi connectivity index (χ1) is 4.88. The Labute approximate surface area is 73.2 Å². The van der Waals surface area contributed by atoms with Crippen molar-refractivity contribution in [3.05, 3.63) is 0 Å². The van der Waals surface area contributed by atoms with Crippen LogP contribution in [0.5, 0.6) is 0 Å². The van der Waals surface area contributed by atoms with E-state index in [1.165, 1.54) is 6.92 Å². The van der Waals surface area contributed by atoms with E-state index in [1.54, 1.807) is 19.9 Å². The largest absolute Gasteiger partial charge is 0.481 e. The third kappa shape index (κ3) is 440. The maximum atomic E-state index is 9.00. The van der Waals surface area contributed by atoms with Crippen LogP contribution in [0, 0.1) is 11.3 Å². The van der Waals surface area contributed by atoms with E-state index < -0.39 is 5.97 Å². The van der Waals surface area contributed by atoms with Gasteiger partial charge in [0, 0.05) is 20.0 Å². The van der Waals surface area contributed by atoms with Gasteiger partial charge in [0.05, 0.1) is 6.07 Å². The molecule has 0 rings (SSSR count). The molecule has 12 heavy (non-hydrogen) atoms. The van der Waals surface area contributed by atoms with Gasteiger partial charge in [-0.2, -0.15) is 5.26 Å². The molecule has 0 amide bonds. The van der Waals surface area contributed by atoms with Gasteiger partial charge in [-0.3, -0.25) is 4.79 Å². The second kappa shape index (κ2) is 22.5. The summed E-state index contributed by atoms with van der Waals surface area (Å²) in [6.07, 6.45) is -0.167. The third-order valence-corrected chi connectivity index (χ3v) is 0. The second-order valence-corrected chi connectivity index (χ2v) is 1.84. The van der Waals surface area contributed by atoms with Crippen molar-refractivity contribution in [3.63, 3.8) is 0 Å². The van der Waals surface area contributed by atoms with E-state index in [4.69, 9.17) is 20.3 Å². The molecular formula is C7H18N2O3. The average Bonchev–Trinajstić information content (AvgIpc) is 1.60. The van der Waals surface area contributed by atoms with Crippen molar-refractivity contribution in [1.82, 2.24) is 6.15 Å². The topological polar surface area (TPSA) is 116 Å². The van der Waals surface area contributed by atoms with Crippen molar-refractivity contribution in [2.24, 2.45) is 0 Å². The number of carboxylic acid groups (broad SMARTS) is 1. The Bertz CT molecular complexity index is 112. The van der Waals surface area contributed by atoms with E-state index in [-0.39, 0.29) is 12.3 Å². The van der Waals surface area contributed by atoms with Gasteiger partial charge in [-0.25, -0.2) is 0 Å². The molecule has 0 unspecified atom stereocenters. The van der Waals surface area contributed by atoms with Crippen LogP contribution in [0.1, 0.15) is 27.7 Å². The third-order valence-electron chi connectivity index (χ3n) is 0. The molecule has 0 aliphatic rings. The van der Waals surface area contributed by atoms with E-state index in [2.05, 4.69) is 0 Å². The molecule has 0 aliphatic carbocycles. The quantitative estimate of drug-likeness (QED) is 0.514. The fourth-order valence-electron chi connectivity index (χ4n) is 0. The number of hydrogen-bond donors (Lipinski definition) is 3. The number of aliphatic carboxylic acids is 1. The van der Waals surface area contributed by atoms with E-state index in [0.717, 1.165) is 6.92 Å². The number of nitrogens with zero attached hydrogens (tertiary/aromatic N) is 1. The lowest BCUT2D eigenvalue weighted by Crippen LogP contribution is -1.85. The highest BCUT2D eigenvalue weighted by Crippen LogP contribution is 1.65. The molecule has 0 saturated heterocycles. The first-order valence-electron chi connectivity index (χ1n) is 3.06. The molecule has 0 bridgehead atoms. The van der Waals surface area contributed by atoms with Gasteiger partial charge in [0.15, 0.2) is 0 Å². The molecule has 0 saturated carbocycles. The molecule has 0 aliphatic heterocycles. The van der Waals surface area contributed by atoms with Crippen molar-refractivity contribution in [2.45, 2.75) is 33.8 Å². The first kappa shape index (κ1) is 22.4. The van der Waals surface area contributed by atoms with Crippen LogP contribution in [-0.2, 0) is 4.79 Å². The van der Waals surface area contributed by atoms with Crippen LogP contribution in [0.3, 0.4) is 0 Å². The summed E-state index contributed by atoms with van der Waals surface area (Å²) in [6, 6.07) is 1.75. The molecule has 0 radical (unpaired) electrons. The Morgan fingerprint density at radius 3 is 1.50 bits per heavy atom. The Kier molecular flexibility index (Phi) is 42.1. The second-order valence-electron chi connectivity index (χ2n) is 1.84. The fourth-order valence-corrected chi connectivity index (χ4v) is 0. The fraction of sp³-hybridized carbons (Fsp3) is 0.714. The maximum absolute atomic E-state index is 9.00. The van der Waals surface area contributed by atoms with Crippen molar-refractivity contribution < 1.29 is 15.0 Å². The molecule has 0 aromatic rings. The van der Waals surface area contributed by atoms with Crippen molar-refractivity contribution in [2.75, 3.05) is 0 Å². The van der Waals surface area contributed by atoms with Crippen LogP contribution < -0.4 is 6.15 Å². The van der Waals surface area contributed by atoms with E-state index in [9.17, 15) is 0 Å². The van der Waals surface area contributed by atoms with Crippen molar-refractivity contribution >= 4 is 5.97 Å². The number of hydrogen-bond acceptors (Lipinski definition) is 4. The van der Waals surface area contributed by atoms with Crippen molar-refractivity contribution in [1.29, 1.82) is 5.26 Å². The van der Waals surface area contributed by atoms with Crippen LogP contribution in [0.25, 0.3) is 0 Å². The van der Waals surface area contributed by atoms with E-state index in [0.29, 0.717) is 0 Å². The molecule has 74 valence electrons. The first-order valence-corrected chi connectivity index (χ1v) is 3.06. The summed E-state index contributed by atoms with van der Waals surface area (Å²) in [6.45, 7) is 5.96.